The van der Waals surface area contributed by atoms with Gasteiger partial charge in [-0.2, -0.15) is 0 Å². The van der Waals surface area contributed by atoms with E-state index in [9.17, 15) is 50.4 Å². The highest BCUT2D eigenvalue weighted by molar-refractivity contribution is 5.91. The second-order valence-electron chi connectivity index (χ2n) is 10.9. The van der Waals surface area contributed by atoms with Gasteiger partial charge in [0, 0.05) is 24.3 Å². The topological polar surface area (TPSA) is 242 Å². The molecule has 0 amide bonds. The maximum atomic E-state index is 13.3. The molecule has 2 aromatic carbocycles. The number of hydrogen-bond donors (Lipinski definition) is 8. The molecule has 1 fully saturated rings. The number of esters is 2. The molecule has 2 aliphatic rings. The lowest BCUT2D eigenvalue weighted by Crippen LogP contribution is -2.60. The van der Waals surface area contributed by atoms with Crippen molar-refractivity contribution in [3.05, 3.63) is 77.1 Å². The van der Waals surface area contributed by atoms with Gasteiger partial charge in [-0.05, 0) is 35.4 Å². The van der Waals surface area contributed by atoms with Gasteiger partial charge in [0.2, 0.25) is 6.29 Å². The van der Waals surface area contributed by atoms with Crippen LogP contribution in [0.3, 0.4) is 0 Å². The highest BCUT2D eigenvalue weighted by Gasteiger charge is 2.47. The van der Waals surface area contributed by atoms with Crippen LogP contribution in [0.2, 0.25) is 0 Å². The summed E-state index contributed by atoms with van der Waals surface area (Å²) in [6, 6.07) is 10.4. The summed E-state index contributed by atoms with van der Waals surface area (Å²) in [5.41, 5.74) is 1.29. The molecule has 2 heterocycles. The zero-order valence-corrected chi connectivity index (χ0v) is 25.1. The van der Waals surface area contributed by atoms with E-state index in [1.165, 1.54) is 30.3 Å². The van der Waals surface area contributed by atoms with Gasteiger partial charge in [0.25, 0.3) is 0 Å². The van der Waals surface area contributed by atoms with Crippen LogP contribution in [0.1, 0.15) is 17.5 Å². The molecule has 0 bridgehead atoms. The van der Waals surface area contributed by atoms with Crippen molar-refractivity contribution in [2.24, 2.45) is 5.92 Å². The lowest BCUT2D eigenvalue weighted by molar-refractivity contribution is -0.327. The molecule has 2 aromatic rings. The highest BCUT2D eigenvalue weighted by atomic mass is 16.8. The first-order chi connectivity index (χ1) is 22.5. The Morgan fingerprint density at radius 3 is 2.19 bits per heavy atom. The first-order valence-corrected chi connectivity index (χ1v) is 14.8. The number of benzene rings is 2. The van der Waals surface area contributed by atoms with Gasteiger partial charge < -0.3 is 64.5 Å². The Morgan fingerprint density at radius 1 is 0.830 bits per heavy atom. The van der Waals surface area contributed by atoms with Crippen LogP contribution in [0.4, 0.5) is 0 Å². The van der Waals surface area contributed by atoms with Gasteiger partial charge >= 0.3 is 11.9 Å². The van der Waals surface area contributed by atoms with Crippen molar-refractivity contribution in [3.8, 4) is 17.2 Å². The third-order valence-corrected chi connectivity index (χ3v) is 7.66. The van der Waals surface area contributed by atoms with Gasteiger partial charge in [-0.15, -0.1) is 0 Å². The van der Waals surface area contributed by atoms with Crippen LogP contribution in [0.15, 0.2) is 65.9 Å². The molecule has 0 aromatic heterocycles. The zero-order valence-electron chi connectivity index (χ0n) is 25.1. The molecule has 15 nitrogen and oxygen atoms in total. The first-order valence-electron chi connectivity index (χ1n) is 14.8. The Morgan fingerprint density at radius 2 is 1.51 bits per heavy atom. The number of carbonyl (C=O) groups is 2. The third-order valence-electron chi connectivity index (χ3n) is 7.66. The van der Waals surface area contributed by atoms with Crippen LogP contribution >= 0.6 is 0 Å². The molecule has 7 atom stereocenters. The molecule has 15 heteroatoms. The number of carbonyl (C=O) groups excluding carboxylic acids is 2. The van der Waals surface area contributed by atoms with E-state index in [-0.39, 0.29) is 48.0 Å². The summed E-state index contributed by atoms with van der Waals surface area (Å²) >= 11 is 0. The molecule has 47 heavy (non-hydrogen) atoms. The molecular weight excluding hydrogens is 624 g/mol. The molecule has 8 N–H and O–H groups in total. The van der Waals surface area contributed by atoms with Crippen LogP contribution in [-0.4, -0.2) is 116 Å². The quantitative estimate of drug-likeness (QED) is 0.0777. The Hall–Kier alpha value is -4.22. The number of aliphatic hydroxyl groups excluding tert-OH is 5. The van der Waals surface area contributed by atoms with Crippen molar-refractivity contribution in [1.82, 2.24) is 0 Å². The third kappa shape index (κ3) is 9.20. The fraction of sp³-hybridized carbons (Fsp3) is 0.438. The van der Waals surface area contributed by atoms with E-state index in [0.29, 0.717) is 12.0 Å². The standard InChI is InChI=1S/C32H38O15/c33-10-7-20-21(14-26(38)43-11-9-18-3-6-23(36)24(37)13-18)22(30(42)44-12-8-17-1-4-19(35)5-2-17)16-45-31(20)47-32-29(41)28(40)27(39)25(15-34)46-32/h1-7,13,16,21,25,27-29,31-37,39-41H,8-12,14-15H2/b20-7-/t21-,25+,27+,28-,29+,31-,32-/m0/s1. The zero-order chi connectivity index (χ0) is 34.1. The lowest BCUT2D eigenvalue weighted by atomic mass is 9.86. The van der Waals surface area contributed by atoms with Crippen LogP contribution in [-0.2, 0) is 46.1 Å². The van der Waals surface area contributed by atoms with Crippen LogP contribution in [0.25, 0.3) is 0 Å². The minimum Gasteiger partial charge on any atom is -0.508 e. The molecule has 2 aliphatic heterocycles. The van der Waals surface area contributed by atoms with E-state index in [4.69, 9.17) is 23.7 Å². The van der Waals surface area contributed by atoms with E-state index in [1.807, 2.05) is 0 Å². The second kappa shape index (κ2) is 16.6. The van der Waals surface area contributed by atoms with Crippen molar-refractivity contribution in [2.45, 2.75) is 56.3 Å². The van der Waals surface area contributed by atoms with Crippen molar-refractivity contribution in [1.29, 1.82) is 0 Å². The molecule has 0 unspecified atom stereocenters. The molecule has 0 aliphatic carbocycles. The largest absolute Gasteiger partial charge is 0.508 e. The Balaban J connectivity index is 1.50. The summed E-state index contributed by atoms with van der Waals surface area (Å²) in [5.74, 6) is -3.30. The van der Waals surface area contributed by atoms with E-state index < -0.39 is 74.5 Å². The number of aromatic hydroxyl groups is 3. The number of aliphatic hydroxyl groups is 5. The minimum atomic E-state index is -1.79. The smallest absolute Gasteiger partial charge is 0.337 e. The summed E-state index contributed by atoms with van der Waals surface area (Å²) in [4.78, 5) is 26.3. The monoisotopic (exact) mass is 662 g/mol. The molecule has 1 saturated heterocycles. The predicted molar refractivity (Wildman–Crippen MR) is 158 cm³/mol. The van der Waals surface area contributed by atoms with Gasteiger partial charge in [0.1, 0.15) is 30.2 Å². The van der Waals surface area contributed by atoms with Gasteiger partial charge in [-0.1, -0.05) is 24.3 Å². The fourth-order valence-corrected chi connectivity index (χ4v) is 5.05. The summed E-state index contributed by atoms with van der Waals surface area (Å²) in [6.07, 6.45) is -7.32. The van der Waals surface area contributed by atoms with Gasteiger partial charge in [0.15, 0.2) is 17.8 Å². The molecule has 4 rings (SSSR count). The van der Waals surface area contributed by atoms with E-state index >= 15 is 0 Å². The maximum absolute atomic E-state index is 13.3. The second-order valence-corrected chi connectivity index (χ2v) is 10.9. The van der Waals surface area contributed by atoms with Gasteiger partial charge in [-0.3, -0.25) is 4.79 Å². The van der Waals surface area contributed by atoms with E-state index in [0.717, 1.165) is 11.8 Å². The average Bonchev–Trinajstić information content (AvgIpc) is 3.05. The summed E-state index contributed by atoms with van der Waals surface area (Å²) in [5, 5.41) is 78.8. The molecule has 0 radical (unpaired) electrons. The summed E-state index contributed by atoms with van der Waals surface area (Å²) < 4.78 is 27.6. The van der Waals surface area contributed by atoms with Crippen LogP contribution in [0.5, 0.6) is 17.2 Å². The molecular formula is C32H38O15. The summed E-state index contributed by atoms with van der Waals surface area (Å²) in [6.45, 7) is -1.49. The van der Waals surface area contributed by atoms with Crippen LogP contribution < -0.4 is 0 Å². The number of hydrogen-bond acceptors (Lipinski definition) is 15. The van der Waals surface area contributed by atoms with Crippen molar-refractivity contribution >= 4 is 11.9 Å². The maximum Gasteiger partial charge on any atom is 0.337 e. The number of ether oxygens (including phenoxy) is 5. The lowest BCUT2D eigenvalue weighted by Gasteiger charge is -2.42. The Labute approximate surface area is 269 Å². The van der Waals surface area contributed by atoms with Crippen molar-refractivity contribution in [3.63, 3.8) is 0 Å². The molecule has 0 spiro atoms. The highest BCUT2D eigenvalue weighted by Crippen LogP contribution is 2.36. The average molecular weight is 663 g/mol. The van der Waals surface area contributed by atoms with Gasteiger partial charge in [-0.25, -0.2) is 4.79 Å². The Bertz CT molecular complexity index is 1420. The predicted octanol–water partition coefficient (Wildman–Crippen LogP) is -0.343. The fourth-order valence-electron chi connectivity index (χ4n) is 5.05. The molecule has 0 saturated carbocycles. The first kappa shape index (κ1) is 35.6. The SMILES string of the molecule is O=C(C[C@@H]1C(C(=O)OCCc2ccc(O)cc2)=CO[C@@H](O[C@@H]2O[C@H](CO)[C@@H](O)[C@H](O)[C@H]2O)/C1=C\CO)OCCc1ccc(O)c(O)c1. The normalized spacial score (nSPS) is 26.7. The number of phenols is 3. The number of rotatable bonds is 13. The van der Waals surface area contributed by atoms with Crippen molar-refractivity contribution < 1.29 is 74.1 Å². The van der Waals surface area contributed by atoms with Crippen LogP contribution in [0, 0.1) is 5.92 Å². The summed E-state index contributed by atoms with van der Waals surface area (Å²) in [7, 11) is 0. The van der Waals surface area contributed by atoms with E-state index in [1.54, 1.807) is 18.2 Å². The molecule has 256 valence electrons. The van der Waals surface area contributed by atoms with Gasteiger partial charge in [0.05, 0.1) is 44.7 Å². The Kier molecular flexibility index (Phi) is 12.6. The minimum absolute atomic E-state index is 0.0536. The number of phenolic OH excluding ortho intramolecular Hbond substituents is 3. The van der Waals surface area contributed by atoms with E-state index in [2.05, 4.69) is 0 Å². The van der Waals surface area contributed by atoms with Crippen molar-refractivity contribution in [2.75, 3.05) is 26.4 Å².